The van der Waals surface area contributed by atoms with Crippen LogP contribution < -0.4 is 20.4 Å². The van der Waals surface area contributed by atoms with Crippen molar-refractivity contribution < 1.29 is 18.7 Å². The molecule has 1 aliphatic rings. The zero-order valence-corrected chi connectivity index (χ0v) is 16.3. The van der Waals surface area contributed by atoms with Crippen LogP contribution in [0.2, 0.25) is 0 Å². The number of aromatic amines is 1. The highest BCUT2D eigenvalue weighted by Gasteiger charge is 2.22. The van der Waals surface area contributed by atoms with Gasteiger partial charge in [-0.3, -0.25) is 9.59 Å². The Hall–Kier alpha value is -3.53. The van der Waals surface area contributed by atoms with Crippen LogP contribution in [0.1, 0.15) is 15.9 Å². The molecule has 0 unspecified atom stereocenters. The van der Waals surface area contributed by atoms with E-state index in [1.165, 1.54) is 25.4 Å². The third-order valence-electron chi connectivity index (χ3n) is 4.79. The summed E-state index contributed by atoms with van der Waals surface area (Å²) in [4.78, 5) is 39.1. The van der Waals surface area contributed by atoms with Crippen molar-refractivity contribution in [3.8, 4) is 6.01 Å². The Balaban J connectivity index is 1.66. The quantitative estimate of drug-likeness (QED) is 0.648. The van der Waals surface area contributed by atoms with Crippen LogP contribution in [0.25, 0.3) is 11.0 Å². The molecule has 4 rings (SSSR count). The molecular weight excluding hydrogens is 393 g/mol. The molecule has 0 aliphatic carbocycles. The number of morpholine rings is 1. The Labute approximate surface area is 170 Å². The molecule has 2 aromatic heterocycles. The second-order valence-electron chi connectivity index (χ2n) is 6.70. The average Bonchev–Trinajstić information content (AvgIpc) is 2.79. The number of anilines is 1. The summed E-state index contributed by atoms with van der Waals surface area (Å²) < 4.78 is 23.5. The van der Waals surface area contributed by atoms with Gasteiger partial charge >= 0.3 is 6.01 Å². The van der Waals surface area contributed by atoms with Gasteiger partial charge in [-0.1, -0.05) is 12.1 Å². The highest BCUT2D eigenvalue weighted by Crippen LogP contribution is 2.23. The van der Waals surface area contributed by atoms with Gasteiger partial charge in [0.05, 0.1) is 20.3 Å². The SMILES string of the molecule is COc1nc(N2CCOCC2)c2[nH]cc(C(=O)NCc3ccc(F)cc3)c(=O)c2n1. The lowest BCUT2D eigenvalue weighted by molar-refractivity contribution is 0.0949. The first-order chi connectivity index (χ1) is 14.6. The van der Waals surface area contributed by atoms with E-state index in [9.17, 15) is 14.0 Å². The number of carbonyl (C=O) groups is 1. The monoisotopic (exact) mass is 413 g/mol. The molecular formula is C20H20FN5O4. The maximum Gasteiger partial charge on any atom is 0.318 e. The van der Waals surface area contributed by atoms with Gasteiger partial charge in [-0.2, -0.15) is 9.97 Å². The molecule has 10 heteroatoms. The minimum atomic E-state index is -0.562. The molecule has 3 aromatic rings. The van der Waals surface area contributed by atoms with Crippen molar-refractivity contribution in [1.29, 1.82) is 0 Å². The number of hydrogen-bond donors (Lipinski definition) is 2. The predicted molar refractivity (Wildman–Crippen MR) is 107 cm³/mol. The Kier molecular flexibility index (Phi) is 5.57. The van der Waals surface area contributed by atoms with Crippen molar-refractivity contribution in [3.63, 3.8) is 0 Å². The van der Waals surface area contributed by atoms with Gasteiger partial charge in [-0.25, -0.2) is 4.39 Å². The number of nitrogens with one attached hydrogen (secondary N) is 2. The normalized spacial score (nSPS) is 14.0. The summed E-state index contributed by atoms with van der Waals surface area (Å²) in [6.45, 7) is 2.46. The summed E-state index contributed by atoms with van der Waals surface area (Å²) in [6, 6.07) is 5.78. The molecule has 0 radical (unpaired) electrons. The number of nitrogens with zero attached hydrogens (tertiary/aromatic N) is 3. The van der Waals surface area contributed by atoms with Crippen LogP contribution >= 0.6 is 0 Å². The molecule has 1 saturated heterocycles. The van der Waals surface area contributed by atoms with E-state index >= 15 is 0 Å². The van der Waals surface area contributed by atoms with E-state index < -0.39 is 11.3 Å². The number of hydrogen-bond acceptors (Lipinski definition) is 7. The van der Waals surface area contributed by atoms with Crippen LogP contribution in [0.5, 0.6) is 6.01 Å². The number of benzene rings is 1. The first-order valence-electron chi connectivity index (χ1n) is 9.39. The fourth-order valence-electron chi connectivity index (χ4n) is 3.21. The van der Waals surface area contributed by atoms with Crippen molar-refractivity contribution in [2.45, 2.75) is 6.54 Å². The third-order valence-corrected chi connectivity index (χ3v) is 4.79. The maximum absolute atomic E-state index is 13.0. The number of halogens is 1. The molecule has 0 bridgehead atoms. The van der Waals surface area contributed by atoms with E-state index in [1.807, 2.05) is 4.90 Å². The second-order valence-corrected chi connectivity index (χ2v) is 6.70. The first kappa shape index (κ1) is 19.8. The van der Waals surface area contributed by atoms with Gasteiger partial charge < -0.3 is 24.7 Å². The van der Waals surface area contributed by atoms with Crippen LogP contribution in [0, 0.1) is 5.82 Å². The van der Waals surface area contributed by atoms with Crippen molar-refractivity contribution >= 4 is 22.8 Å². The summed E-state index contributed by atoms with van der Waals surface area (Å²) >= 11 is 0. The van der Waals surface area contributed by atoms with Crippen molar-refractivity contribution in [3.05, 3.63) is 57.6 Å². The van der Waals surface area contributed by atoms with E-state index in [0.717, 1.165) is 0 Å². The number of H-pyrrole nitrogens is 1. The lowest BCUT2D eigenvalue weighted by Gasteiger charge is -2.28. The van der Waals surface area contributed by atoms with Gasteiger partial charge in [-0.15, -0.1) is 0 Å². The largest absolute Gasteiger partial charge is 0.467 e. The lowest BCUT2D eigenvalue weighted by atomic mass is 10.2. The van der Waals surface area contributed by atoms with Crippen LogP contribution in [-0.2, 0) is 11.3 Å². The molecule has 2 N–H and O–H groups in total. The Bertz CT molecular complexity index is 1130. The highest BCUT2D eigenvalue weighted by molar-refractivity contribution is 5.98. The van der Waals surface area contributed by atoms with Gasteiger partial charge in [0.15, 0.2) is 5.82 Å². The molecule has 1 amide bonds. The Morgan fingerprint density at radius 1 is 1.27 bits per heavy atom. The average molecular weight is 413 g/mol. The Morgan fingerprint density at radius 2 is 2.00 bits per heavy atom. The topological polar surface area (TPSA) is 109 Å². The summed E-state index contributed by atoms with van der Waals surface area (Å²) in [5.41, 5.74) is 0.588. The maximum atomic E-state index is 13.0. The molecule has 1 fully saturated rings. The van der Waals surface area contributed by atoms with Gasteiger partial charge in [0.1, 0.15) is 22.4 Å². The number of amides is 1. The van der Waals surface area contributed by atoms with Crippen LogP contribution in [0.15, 0.2) is 35.3 Å². The number of methoxy groups -OCH3 is 1. The summed E-state index contributed by atoms with van der Waals surface area (Å²) in [5.74, 6) is -0.399. The summed E-state index contributed by atoms with van der Waals surface area (Å²) in [5, 5.41) is 2.66. The number of pyridine rings is 1. The van der Waals surface area contributed by atoms with Crippen molar-refractivity contribution in [2.24, 2.45) is 0 Å². The standard InChI is InChI=1S/C20H20FN5O4/c1-29-20-24-15-16(18(25-20)26-6-8-30-9-7-26)22-11-14(17(15)27)19(28)23-10-12-2-4-13(21)5-3-12/h2-5,11H,6-10H2,1H3,(H,22,27)(H,23,28). The molecule has 0 saturated carbocycles. The molecule has 0 atom stereocenters. The Morgan fingerprint density at radius 3 is 2.70 bits per heavy atom. The predicted octanol–water partition coefficient (Wildman–Crippen LogP) is 1.23. The number of fused-ring (bicyclic) bond motifs is 1. The molecule has 156 valence electrons. The van der Waals surface area contributed by atoms with Crippen LogP contribution in [0.3, 0.4) is 0 Å². The molecule has 1 aromatic carbocycles. The molecule has 30 heavy (non-hydrogen) atoms. The van der Waals surface area contributed by atoms with Gasteiger partial charge in [0.2, 0.25) is 5.43 Å². The fourth-order valence-corrected chi connectivity index (χ4v) is 3.21. The van der Waals surface area contributed by atoms with E-state index in [4.69, 9.17) is 9.47 Å². The number of aromatic nitrogens is 3. The molecule has 9 nitrogen and oxygen atoms in total. The molecule has 1 aliphatic heterocycles. The minimum Gasteiger partial charge on any atom is -0.467 e. The van der Waals surface area contributed by atoms with Gasteiger partial charge in [-0.05, 0) is 17.7 Å². The molecule has 0 spiro atoms. The van der Waals surface area contributed by atoms with Crippen LogP contribution in [-0.4, -0.2) is 54.3 Å². The first-order valence-corrected chi connectivity index (χ1v) is 9.39. The number of carbonyl (C=O) groups excluding carboxylic acids is 1. The van der Waals surface area contributed by atoms with Gasteiger partial charge in [0, 0.05) is 25.8 Å². The second kappa shape index (κ2) is 8.46. The van der Waals surface area contributed by atoms with Crippen LogP contribution in [0.4, 0.5) is 10.2 Å². The van der Waals surface area contributed by atoms with E-state index in [1.54, 1.807) is 12.1 Å². The zero-order valence-electron chi connectivity index (χ0n) is 16.3. The van der Waals surface area contributed by atoms with E-state index in [0.29, 0.717) is 43.2 Å². The van der Waals surface area contributed by atoms with Crippen molar-refractivity contribution in [1.82, 2.24) is 20.3 Å². The third kappa shape index (κ3) is 3.94. The summed E-state index contributed by atoms with van der Waals surface area (Å²) in [7, 11) is 1.41. The lowest BCUT2D eigenvalue weighted by Crippen LogP contribution is -2.37. The van der Waals surface area contributed by atoms with Gasteiger partial charge in [0.25, 0.3) is 5.91 Å². The number of ether oxygens (including phenoxy) is 2. The fraction of sp³-hybridized carbons (Fsp3) is 0.300. The number of rotatable bonds is 5. The smallest absolute Gasteiger partial charge is 0.318 e. The minimum absolute atomic E-state index is 0.0402. The van der Waals surface area contributed by atoms with E-state index in [2.05, 4.69) is 20.3 Å². The zero-order chi connectivity index (χ0) is 21.1. The highest BCUT2D eigenvalue weighted by atomic mass is 19.1. The van der Waals surface area contributed by atoms with Crippen molar-refractivity contribution in [2.75, 3.05) is 38.3 Å². The summed E-state index contributed by atoms with van der Waals surface area (Å²) in [6.07, 6.45) is 1.35. The molecule has 3 heterocycles. The van der Waals surface area contributed by atoms with E-state index in [-0.39, 0.29) is 29.5 Å².